The molecule has 0 radical (unpaired) electrons. The van der Waals surface area contributed by atoms with Crippen LogP contribution in [-0.2, 0) is 13.0 Å². The highest BCUT2D eigenvalue weighted by Gasteiger charge is 2.14. The molecule has 22 heavy (non-hydrogen) atoms. The maximum atomic E-state index is 12.9. The molecule has 3 rings (SSSR count). The lowest BCUT2D eigenvalue weighted by Crippen LogP contribution is -2.24. The molecule has 1 N–H and O–H groups in total. The fourth-order valence-corrected chi connectivity index (χ4v) is 3.04. The van der Waals surface area contributed by atoms with E-state index in [4.69, 9.17) is 0 Å². The Bertz CT molecular complexity index is 822. The number of rotatable bonds is 4. The molecule has 0 fully saturated rings. The number of carbonyl (C=O) groups is 1. The molecule has 0 bridgehead atoms. The number of carbonyl (C=O) groups excluding carboxylic acids is 1. The molecule has 2 heterocycles. The molecular formula is C15H15FN4OS. The Hall–Kier alpha value is -2.28. The molecule has 0 unspecified atom stereocenters. The second-order valence-electron chi connectivity index (χ2n) is 4.88. The zero-order chi connectivity index (χ0) is 15.7. The summed E-state index contributed by atoms with van der Waals surface area (Å²) in [4.78, 5) is 17.4. The fourth-order valence-electron chi connectivity index (χ4n) is 2.14. The predicted molar refractivity (Wildman–Crippen MR) is 82.5 cm³/mol. The number of aryl methyl sites for hydroxylation is 2. The first-order valence-corrected chi connectivity index (χ1v) is 7.78. The molecule has 114 valence electrons. The number of halogens is 1. The van der Waals surface area contributed by atoms with Gasteiger partial charge in [0.05, 0.1) is 17.9 Å². The summed E-state index contributed by atoms with van der Waals surface area (Å²) in [6, 6.07) is 5.46. The molecule has 3 aromatic rings. The summed E-state index contributed by atoms with van der Waals surface area (Å²) in [5.41, 5.74) is 2.13. The number of amides is 1. The van der Waals surface area contributed by atoms with E-state index in [9.17, 15) is 9.18 Å². The average molecular weight is 318 g/mol. The lowest BCUT2D eigenvalue weighted by atomic mass is 10.2. The number of aromatic nitrogens is 3. The van der Waals surface area contributed by atoms with Crippen LogP contribution in [-0.4, -0.2) is 20.5 Å². The minimum absolute atomic E-state index is 0.250. The molecule has 2 aromatic heterocycles. The maximum absolute atomic E-state index is 12.9. The van der Waals surface area contributed by atoms with Crippen molar-refractivity contribution in [3.05, 3.63) is 52.0 Å². The largest absolute Gasteiger partial charge is 0.346 e. The third kappa shape index (κ3) is 2.71. The number of hydrogen-bond donors (Lipinski definition) is 1. The summed E-state index contributed by atoms with van der Waals surface area (Å²) < 4.78 is 14.7. The predicted octanol–water partition coefficient (Wildman–Crippen LogP) is 2.73. The second kappa shape index (κ2) is 5.84. The van der Waals surface area contributed by atoms with E-state index in [2.05, 4.69) is 15.4 Å². The third-order valence-electron chi connectivity index (χ3n) is 3.36. The van der Waals surface area contributed by atoms with Crippen molar-refractivity contribution >= 4 is 22.2 Å². The summed E-state index contributed by atoms with van der Waals surface area (Å²) in [5.74, 6) is -0.611. The van der Waals surface area contributed by atoms with E-state index in [0.29, 0.717) is 12.1 Å². The fraction of sp³-hybridized carbons (Fsp3) is 0.267. The number of imidazole rings is 1. The molecule has 0 atom stereocenters. The first kappa shape index (κ1) is 14.6. The zero-order valence-corrected chi connectivity index (χ0v) is 13.1. The van der Waals surface area contributed by atoms with E-state index >= 15 is 0 Å². The van der Waals surface area contributed by atoms with Crippen molar-refractivity contribution in [1.82, 2.24) is 19.9 Å². The summed E-state index contributed by atoms with van der Waals surface area (Å²) in [6.45, 7) is 4.27. The van der Waals surface area contributed by atoms with Gasteiger partial charge in [-0.2, -0.15) is 5.10 Å². The van der Waals surface area contributed by atoms with Crippen LogP contribution in [0.3, 0.4) is 0 Å². The Morgan fingerprint density at radius 1 is 1.36 bits per heavy atom. The van der Waals surface area contributed by atoms with Crippen molar-refractivity contribution in [2.75, 3.05) is 0 Å². The van der Waals surface area contributed by atoms with Gasteiger partial charge in [0.1, 0.15) is 10.8 Å². The van der Waals surface area contributed by atoms with Crippen LogP contribution < -0.4 is 5.32 Å². The highest BCUT2D eigenvalue weighted by molar-refractivity contribution is 7.16. The van der Waals surface area contributed by atoms with E-state index in [1.54, 1.807) is 15.9 Å². The molecule has 0 aliphatic heterocycles. The Kier molecular flexibility index (Phi) is 3.89. The second-order valence-corrected chi connectivity index (χ2v) is 5.92. The van der Waals surface area contributed by atoms with Crippen LogP contribution in [0.4, 0.5) is 4.39 Å². The summed E-state index contributed by atoms with van der Waals surface area (Å²) in [6.07, 6.45) is 0.856. The average Bonchev–Trinajstić information content (AvgIpc) is 3.02. The van der Waals surface area contributed by atoms with Crippen molar-refractivity contribution in [2.24, 2.45) is 0 Å². The number of nitrogens with zero attached hydrogens (tertiary/aromatic N) is 3. The molecule has 0 aliphatic rings. The minimum atomic E-state index is -0.362. The highest BCUT2D eigenvalue weighted by atomic mass is 32.1. The lowest BCUT2D eigenvalue weighted by Gasteiger charge is -2.05. The van der Waals surface area contributed by atoms with Gasteiger partial charge in [-0.3, -0.25) is 4.79 Å². The first-order valence-electron chi connectivity index (χ1n) is 6.96. The third-order valence-corrected chi connectivity index (χ3v) is 4.42. The van der Waals surface area contributed by atoms with Crippen LogP contribution in [0, 0.1) is 12.7 Å². The Morgan fingerprint density at radius 3 is 2.77 bits per heavy atom. The smallest absolute Gasteiger partial charge is 0.251 e. The van der Waals surface area contributed by atoms with Crippen molar-refractivity contribution in [1.29, 1.82) is 0 Å². The van der Waals surface area contributed by atoms with Crippen LogP contribution in [0.1, 0.15) is 33.7 Å². The molecule has 0 spiro atoms. The quantitative estimate of drug-likeness (QED) is 0.804. The van der Waals surface area contributed by atoms with Crippen LogP contribution in [0.25, 0.3) is 4.96 Å². The first-order chi connectivity index (χ1) is 10.6. The van der Waals surface area contributed by atoms with E-state index in [-0.39, 0.29) is 11.7 Å². The van der Waals surface area contributed by atoms with Gasteiger partial charge < -0.3 is 5.32 Å². The normalized spacial score (nSPS) is 11.0. The van der Waals surface area contributed by atoms with Gasteiger partial charge >= 0.3 is 0 Å². The SMILES string of the molecule is CCc1nn2c(CNC(=O)c3ccc(F)cc3)c(C)nc2s1. The van der Waals surface area contributed by atoms with Gasteiger partial charge in [-0.1, -0.05) is 18.3 Å². The molecule has 5 nitrogen and oxygen atoms in total. The molecule has 1 aromatic carbocycles. The molecule has 1 amide bonds. The van der Waals surface area contributed by atoms with Gasteiger partial charge in [-0.05, 0) is 37.6 Å². The molecule has 0 saturated heterocycles. The highest BCUT2D eigenvalue weighted by Crippen LogP contribution is 2.19. The van der Waals surface area contributed by atoms with Gasteiger partial charge in [-0.25, -0.2) is 13.9 Å². The summed E-state index contributed by atoms with van der Waals surface area (Å²) in [5, 5.41) is 8.32. The van der Waals surface area contributed by atoms with Gasteiger partial charge in [0.25, 0.3) is 5.91 Å². The monoisotopic (exact) mass is 318 g/mol. The van der Waals surface area contributed by atoms with Crippen molar-refractivity contribution < 1.29 is 9.18 Å². The van der Waals surface area contributed by atoms with E-state index < -0.39 is 0 Å². The van der Waals surface area contributed by atoms with E-state index in [1.807, 2.05) is 13.8 Å². The number of nitrogens with one attached hydrogen (secondary N) is 1. The molecule has 0 saturated carbocycles. The topological polar surface area (TPSA) is 59.3 Å². The van der Waals surface area contributed by atoms with Crippen molar-refractivity contribution in [3.63, 3.8) is 0 Å². The molecule has 0 aliphatic carbocycles. The van der Waals surface area contributed by atoms with Gasteiger partial charge in [0.2, 0.25) is 4.96 Å². The maximum Gasteiger partial charge on any atom is 0.251 e. The van der Waals surface area contributed by atoms with Crippen molar-refractivity contribution in [3.8, 4) is 0 Å². The van der Waals surface area contributed by atoms with Crippen LogP contribution in [0.15, 0.2) is 24.3 Å². The summed E-state index contributed by atoms with van der Waals surface area (Å²) >= 11 is 1.55. The van der Waals surface area contributed by atoms with Crippen molar-refractivity contribution in [2.45, 2.75) is 26.8 Å². The lowest BCUT2D eigenvalue weighted by molar-refractivity contribution is 0.0950. The Labute approximate surface area is 130 Å². The van der Waals surface area contributed by atoms with Crippen LogP contribution in [0.5, 0.6) is 0 Å². The minimum Gasteiger partial charge on any atom is -0.346 e. The van der Waals surface area contributed by atoms with Gasteiger partial charge in [0.15, 0.2) is 0 Å². The van der Waals surface area contributed by atoms with Crippen LogP contribution in [0.2, 0.25) is 0 Å². The summed E-state index contributed by atoms with van der Waals surface area (Å²) in [7, 11) is 0. The number of benzene rings is 1. The number of fused-ring (bicyclic) bond motifs is 1. The van der Waals surface area contributed by atoms with Gasteiger partial charge in [-0.15, -0.1) is 0 Å². The molecular weight excluding hydrogens is 303 g/mol. The standard InChI is InChI=1S/C15H15FN4OS/c1-3-13-19-20-12(9(2)18-15(20)22-13)8-17-14(21)10-4-6-11(16)7-5-10/h4-7H,3,8H2,1-2H3,(H,17,21). The Morgan fingerprint density at radius 2 is 2.09 bits per heavy atom. The van der Waals surface area contributed by atoms with Gasteiger partial charge in [0, 0.05) is 5.56 Å². The van der Waals surface area contributed by atoms with E-state index in [1.165, 1.54) is 24.3 Å². The van der Waals surface area contributed by atoms with E-state index in [0.717, 1.165) is 27.8 Å². The number of hydrogen-bond acceptors (Lipinski definition) is 4. The molecule has 7 heteroatoms. The van der Waals surface area contributed by atoms with Crippen LogP contribution >= 0.6 is 11.3 Å². The Balaban J connectivity index is 1.78. The zero-order valence-electron chi connectivity index (χ0n) is 12.3.